The third kappa shape index (κ3) is 1.13. The average Bonchev–Trinajstić information content (AvgIpc) is 1.83. The number of carbonyl (C=O) groups excluding carboxylic acids is 1. The van der Waals surface area contributed by atoms with Crippen molar-refractivity contribution in [1.82, 2.24) is 5.32 Å². The van der Waals surface area contributed by atoms with E-state index in [1.54, 1.807) is 6.92 Å². The number of aliphatic imine (C=N–C) groups is 1. The van der Waals surface area contributed by atoms with Crippen molar-refractivity contribution in [2.24, 2.45) is 10.9 Å². The summed E-state index contributed by atoms with van der Waals surface area (Å²) in [7, 11) is 0. The minimum atomic E-state index is -0.245. The van der Waals surface area contributed by atoms with E-state index in [4.69, 9.17) is 12.2 Å². The van der Waals surface area contributed by atoms with Crippen LogP contribution < -0.4 is 5.32 Å². The highest BCUT2D eigenvalue weighted by Crippen LogP contribution is 2.02. The molecule has 4 heteroatoms. The number of hydrogen-bond acceptors (Lipinski definition) is 2. The summed E-state index contributed by atoms with van der Waals surface area (Å²) in [6, 6.07) is 0. The molecule has 0 radical (unpaired) electrons. The molecule has 0 spiro atoms. The Kier molecular flexibility index (Phi) is 1.57. The van der Waals surface area contributed by atoms with Crippen LogP contribution in [-0.2, 0) is 4.79 Å². The van der Waals surface area contributed by atoms with Gasteiger partial charge in [-0.2, -0.15) is 0 Å². The van der Waals surface area contributed by atoms with Gasteiger partial charge in [-0.1, -0.05) is 12.2 Å². The summed E-state index contributed by atoms with van der Waals surface area (Å²) in [6.45, 7) is 1.73. The van der Waals surface area contributed by atoms with E-state index in [-0.39, 0.29) is 11.8 Å². The minimum Gasteiger partial charge on any atom is -0.316 e. The zero-order chi connectivity index (χ0) is 6.85. The Labute approximate surface area is 58.2 Å². The molecule has 0 aromatic carbocycles. The molecule has 1 rings (SSSR count). The van der Waals surface area contributed by atoms with Crippen LogP contribution in [0.2, 0.25) is 0 Å². The van der Waals surface area contributed by atoms with Crippen LogP contribution in [0.15, 0.2) is 4.99 Å². The third-order valence-corrected chi connectivity index (χ3v) is 1.62. The van der Waals surface area contributed by atoms with E-state index < -0.39 is 0 Å². The van der Waals surface area contributed by atoms with Crippen LogP contribution in [-0.4, -0.2) is 17.2 Å². The van der Waals surface area contributed by atoms with Crippen LogP contribution in [0.5, 0.6) is 0 Å². The molecule has 1 N–H and O–H groups in total. The minimum absolute atomic E-state index is 0.0741. The second-order valence-electron chi connectivity index (χ2n) is 1.83. The molecule has 0 saturated carbocycles. The molecule has 1 atom stereocenters. The van der Waals surface area contributed by atoms with E-state index in [2.05, 4.69) is 10.3 Å². The monoisotopic (exact) mass is 142 g/mol. The first-order valence-electron chi connectivity index (χ1n) is 2.58. The first kappa shape index (κ1) is 6.35. The van der Waals surface area contributed by atoms with Gasteiger partial charge in [0.2, 0.25) is 5.91 Å². The molecule has 9 heavy (non-hydrogen) atoms. The molecule has 48 valence electrons. The molecule has 1 amide bonds. The predicted molar refractivity (Wildman–Crippen MR) is 38.4 cm³/mol. The maximum atomic E-state index is 10.7. The van der Waals surface area contributed by atoms with E-state index in [9.17, 15) is 4.79 Å². The lowest BCUT2D eigenvalue weighted by Gasteiger charge is -2.11. The molecule has 0 aromatic heterocycles. The average molecular weight is 142 g/mol. The van der Waals surface area contributed by atoms with Gasteiger partial charge in [-0.3, -0.25) is 4.79 Å². The van der Waals surface area contributed by atoms with Gasteiger partial charge in [-0.25, -0.2) is 4.99 Å². The van der Waals surface area contributed by atoms with Gasteiger partial charge in [0.25, 0.3) is 0 Å². The number of carbonyl (C=O) groups is 1. The van der Waals surface area contributed by atoms with Crippen molar-refractivity contribution >= 4 is 29.5 Å². The molecule has 0 saturated heterocycles. The van der Waals surface area contributed by atoms with Gasteiger partial charge in [0.05, 0.1) is 12.3 Å². The fourth-order valence-electron chi connectivity index (χ4n) is 0.508. The largest absolute Gasteiger partial charge is 0.316 e. The summed E-state index contributed by atoms with van der Waals surface area (Å²) in [5, 5.41) is 2.44. The summed E-state index contributed by atoms with van der Waals surface area (Å²) in [5.41, 5.74) is 0. The highest BCUT2D eigenvalue weighted by Gasteiger charge is 2.18. The van der Waals surface area contributed by atoms with E-state index >= 15 is 0 Å². The molecule has 3 nitrogen and oxygen atoms in total. The van der Waals surface area contributed by atoms with E-state index in [0.717, 1.165) is 0 Å². The maximum Gasteiger partial charge on any atom is 0.234 e. The maximum absolute atomic E-state index is 10.7. The highest BCUT2D eigenvalue weighted by atomic mass is 32.1. The molecule has 0 aliphatic carbocycles. The SMILES string of the molecule is CC1C(=O)NC=NC1=S. The van der Waals surface area contributed by atoms with E-state index in [1.165, 1.54) is 6.34 Å². The molecule has 1 heterocycles. The topological polar surface area (TPSA) is 41.5 Å². The quantitative estimate of drug-likeness (QED) is 0.488. The van der Waals surface area contributed by atoms with Gasteiger partial charge >= 0.3 is 0 Å². The smallest absolute Gasteiger partial charge is 0.234 e. The molecular formula is C5H6N2OS. The Morgan fingerprint density at radius 1 is 1.89 bits per heavy atom. The summed E-state index contributed by atoms with van der Waals surface area (Å²) in [4.78, 5) is 14.9. The van der Waals surface area contributed by atoms with Crippen molar-refractivity contribution < 1.29 is 4.79 Å². The normalized spacial score (nSPS) is 26.1. The van der Waals surface area contributed by atoms with Crippen molar-refractivity contribution in [2.45, 2.75) is 6.92 Å². The van der Waals surface area contributed by atoms with Gasteiger partial charge in [-0.15, -0.1) is 0 Å². The molecule has 0 fully saturated rings. The van der Waals surface area contributed by atoms with Crippen LogP contribution in [0.4, 0.5) is 0 Å². The van der Waals surface area contributed by atoms with Crippen molar-refractivity contribution in [3.8, 4) is 0 Å². The predicted octanol–water partition coefficient (Wildman–Crippen LogP) is 0.108. The van der Waals surface area contributed by atoms with Gasteiger partial charge in [0.15, 0.2) is 0 Å². The molecule has 0 aromatic rings. The summed E-state index contributed by atoms with van der Waals surface area (Å²) in [6.07, 6.45) is 1.32. The number of thiocarbonyl (C=S) groups is 1. The second-order valence-corrected chi connectivity index (χ2v) is 2.24. The second kappa shape index (κ2) is 2.23. The third-order valence-electron chi connectivity index (χ3n) is 1.16. The Hall–Kier alpha value is -0.770. The lowest BCUT2D eigenvalue weighted by molar-refractivity contribution is -0.121. The van der Waals surface area contributed by atoms with E-state index in [0.29, 0.717) is 4.99 Å². The van der Waals surface area contributed by atoms with Crippen molar-refractivity contribution in [2.75, 3.05) is 0 Å². The molecule has 0 bridgehead atoms. The first-order valence-corrected chi connectivity index (χ1v) is 2.99. The summed E-state index contributed by atoms with van der Waals surface area (Å²) in [5.74, 6) is -0.319. The van der Waals surface area contributed by atoms with E-state index in [1.807, 2.05) is 0 Å². The van der Waals surface area contributed by atoms with Crippen molar-refractivity contribution in [3.05, 3.63) is 0 Å². The van der Waals surface area contributed by atoms with Crippen LogP contribution in [0.1, 0.15) is 6.92 Å². The Morgan fingerprint density at radius 2 is 2.56 bits per heavy atom. The number of amides is 1. The van der Waals surface area contributed by atoms with Gasteiger partial charge < -0.3 is 5.32 Å². The van der Waals surface area contributed by atoms with Gasteiger partial charge in [0, 0.05) is 0 Å². The molecule has 1 aliphatic heterocycles. The molecule has 1 aliphatic rings. The fraction of sp³-hybridized carbons (Fsp3) is 0.400. The number of nitrogens with zero attached hydrogens (tertiary/aromatic N) is 1. The van der Waals surface area contributed by atoms with Crippen LogP contribution in [0.25, 0.3) is 0 Å². The summed E-state index contributed by atoms with van der Waals surface area (Å²) < 4.78 is 0. The Morgan fingerprint density at radius 3 is 3.00 bits per heavy atom. The van der Waals surface area contributed by atoms with Gasteiger partial charge in [0.1, 0.15) is 4.99 Å². The highest BCUT2D eigenvalue weighted by molar-refractivity contribution is 7.80. The van der Waals surface area contributed by atoms with Crippen molar-refractivity contribution in [1.29, 1.82) is 0 Å². The van der Waals surface area contributed by atoms with Gasteiger partial charge in [-0.05, 0) is 6.92 Å². The Balaban J connectivity index is 2.81. The zero-order valence-electron chi connectivity index (χ0n) is 4.92. The summed E-state index contributed by atoms with van der Waals surface area (Å²) >= 11 is 4.75. The lowest BCUT2D eigenvalue weighted by atomic mass is 10.1. The van der Waals surface area contributed by atoms with Crippen LogP contribution >= 0.6 is 12.2 Å². The van der Waals surface area contributed by atoms with Crippen LogP contribution in [0, 0.1) is 5.92 Å². The lowest BCUT2D eigenvalue weighted by Crippen LogP contribution is -2.35. The standard InChI is InChI=1S/C5H6N2OS/c1-3-4(8)6-2-7-5(3)9/h2-3H,1H3,(H,6,7,8,9). The molecule has 1 unspecified atom stereocenters. The first-order chi connectivity index (χ1) is 4.22. The fourth-order valence-corrected chi connectivity index (χ4v) is 0.668. The zero-order valence-corrected chi connectivity index (χ0v) is 5.73. The molecular weight excluding hydrogens is 136 g/mol. The van der Waals surface area contributed by atoms with Crippen LogP contribution in [0.3, 0.4) is 0 Å². The Bertz CT molecular complexity index is 187. The number of nitrogens with one attached hydrogen (secondary N) is 1. The number of rotatable bonds is 0. The number of hydrogen-bond donors (Lipinski definition) is 1. The van der Waals surface area contributed by atoms with Crippen molar-refractivity contribution in [3.63, 3.8) is 0 Å².